The fourth-order valence-electron chi connectivity index (χ4n) is 4.12. The second kappa shape index (κ2) is 4.50. The fraction of sp³-hybridized carbons (Fsp3) is 0.467. The first kappa shape index (κ1) is 14.6. The summed E-state index contributed by atoms with van der Waals surface area (Å²) in [6.45, 7) is 0.336. The highest BCUT2D eigenvalue weighted by molar-refractivity contribution is 6.30. The van der Waals surface area contributed by atoms with Crippen molar-refractivity contribution >= 4 is 23.8 Å². The molecule has 1 unspecified atom stereocenters. The van der Waals surface area contributed by atoms with Gasteiger partial charge in [-0.2, -0.15) is 0 Å². The minimum absolute atomic E-state index is 0.0241. The molecule has 2 bridgehead atoms. The molecule has 122 valence electrons. The Morgan fingerprint density at radius 2 is 2.13 bits per heavy atom. The summed E-state index contributed by atoms with van der Waals surface area (Å²) in [5.74, 6) is -0.547. The molecule has 0 aromatic heterocycles. The van der Waals surface area contributed by atoms with Crippen LogP contribution in [0.1, 0.15) is 30.9 Å². The zero-order chi connectivity index (χ0) is 16.4. The molecule has 1 heterocycles. The maximum Gasteiger partial charge on any atom is 0.411 e. The van der Waals surface area contributed by atoms with Crippen LogP contribution in [0.25, 0.3) is 0 Å². The van der Waals surface area contributed by atoms with Gasteiger partial charge in [0.1, 0.15) is 11.9 Å². The Morgan fingerprint density at radius 1 is 1.43 bits per heavy atom. The largest absolute Gasteiger partial charge is 0.465 e. The third-order valence-electron chi connectivity index (χ3n) is 5.07. The molecule has 8 heteroatoms. The van der Waals surface area contributed by atoms with Crippen molar-refractivity contribution in [2.24, 2.45) is 0 Å². The van der Waals surface area contributed by atoms with Gasteiger partial charge in [-0.05, 0) is 37.0 Å². The molecule has 3 saturated carbocycles. The normalized spacial score (nSPS) is 34.4. The summed E-state index contributed by atoms with van der Waals surface area (Å²) in [6.07, 6.45) is -0.215. The van der Waals surface area contributed by atoms with E-state index in [2.05, 4.69) is 5.32 Å². The van der Waals surface area contributed by atoms with Crippen molar-refractivity contribution in [2.75, 3.05) is 6.54 Å². The van der Waals surface area contributed by atoms with E-state index in [9.17, 15) is 14.0 Å². The molecule has 23 heavy (non-hydrogen) atoms. The van der Waals surface area contributed by atoms with Gasteiger partial charge in [0.25, 0.3) is 0 Å². The van der Waals surface area contributed by atoms with Crippen LogP contribution in [0.15, 0.2) is 18.2 Å². The van der Waals surface area contributed by atoms with E-state index in [4.69, 9.17) is 21.4 Å². The number of carbonyl (C=O) groups excluding carboxylic acids is 1. The lowest BCUT2D eigenvalue weighted by molar-refractivity contribution is -0.151. The number of nitrogens with one attached hydrogen (secondary N) is 1. The van der Waals surface area contributed by atoms with Gasteiger partial charge in [0, 0.05) is 0 Å². The highest BCUT2D eigenvalue weighted by Gasteiger charge is 2.73. The molecule has 2 N–H and O–H groups in total. The number of carboxylic acid groups (broad SMARTS) is 1. The van der Waals surface area contributed by atoms with Crippen molar-refractivity contribution in [1.29, 1.82) is 0 Å². The SMILES string of the molecule is O=C(O)NC12CC(N3CC(c4ccc(Cl)c(F)c4)OC3=O)(C1)C2. The molecule has 4 aliphatic rings. The van der Waals surface area contributed by atoms with Gasteiger partial charge >= 0.3 is 12.2 Å². The van der Waals surface area contributed by atoms with Crippen molar-refractivity contribution in [3.05, 3.63) is 34.6 Å². The van der Waals surface area contributed by atoms with E-state index in [0.717, 1.165) is 0 Å². The number of halogens is 2. The van der Waals surface area contributed by atoms with Crippen LogP contribution in [0.2, 0.25) is 5.02 Å². The number of amides is 2. The molecule has 1 saturated heterocycles. The third kappa shape index (κ3) is 2.06. The van der Waals surface area contributed by atoms with Crippen LogP contribution in [0.4, 0.5) is 14.0 Å². The Balaban J connectivity index is 1.46. The first-order valence-corrected chi connectivity index (χ1v) is 7.65. The molecule has 3 aliphatic carbocycles. The first-order chi connectivity index (χ1) is 10.8. The van der Waals surface area contributed by atoms with Gasteiger partial charge in [-0.1, -0.05) is 17.7 Å². The van der Waals surface area contributed by atoms with Crippen LogP contribution < -0.4 is 5.32 Å². The number of carbonyl (C=O) groups is 2. The Morgan fingerprint density at radius 3 is 2.74 bits per heavy atom. The van der Waals surface area contributed by atoms with Crippen molar-refractivity contribution in [2.45, 2.75) is 36.4 Å². The summed E-state index contributed by atoms with van der Waals surface area (Å²) in [4.78, 5) is 24.6. The lowest BCUT2D eigenvalue weighted by Gasteiger charge is -2.72. The van der Waals surface area contributed by atoms with Crippen LogP contribution >= 0.6 is 11.6 Å². The molecule has 4 fully saturated rings. The Labute approximate surface area is 136 Å². The maximum atomic E-state index is 13.6. The van der Waals surface area contributed by atoms with Gasteiger partial charge in [0.2, 0.25) is 0 Å². The smallest absolute Gasteiger partial charge is 0.411 e. The van der Waals surface area contributed by atoms with E-state index in [1.54, 1.807) is 11.0 Å². The predicted octanol–water partition coefficient (Wildman–Crippen LogP) is 2.92. The number of rotatable bonds is 3. The zero-order valence-electron chi connectivity index (χ0n) is 12.0. The molecule has 1 aliphatic heterocycles. The molecule has 5 rings (SSSR count). The third-order valence-corrected chi connectivity index (χ3v) is 5.38. The van der Waals surface area contributed by atoms with Gasteiger partial charge in [-0.25, -0.2) is 14.0 Å². The second-order valence-electron chi connectivity index (χ2n) is 6.62. The topological polar surface area (TPSA) is 78.9 Å². The zero-order valence-corrected chi connectivity index (χ0v) is 12.8. The van der Waals surface area contributed by atoms with Gasteiger partial charge in [0.15, 0.2) is 0 Å². The summed E-state index contributed by atoms with van der Waals surface area (Å²) in [7, 11) is 0. The quantitative estimate of drug-likeness (QED) is 0.886. The molecule has 0 spiro atoms. The van der Waals surface area contributed by atoms with Gasteiger partial charge in [-0.3, -0.25) is 4.90 Å². The van der Waals surface area contributed by atoms with E-state index in [1.165, 1.54) is 12.1 Å². The highest BCUT2D eigenvalue weighted by atomic mass is 35.5. The van der Waals surface area contributed by atoms with Crippen LogP contribution in [-0.2, 0) is 4.74 Å². The minimum atomic E-state index is -1.04. The van der Waals surface area contributed by atoms with Crippen molar-refractivity contribution in [3.63, 3.8) is 0 Å². The molecule has 1 aromatic rings. The summed E-state index contributed by atoms with van der Waals surface area (Å²) >= 11 is 5.66. The fourth-order valence-corrected chi connectivity index (χ4v) is 4.23. The monoisotopic (exact) mass is 340 g/mol. The molecule has 0 radical (unpaired) electrons. The lowest BCUT2D eigenvalue weighted by Crippen LogP contribution is -2.83. The van der Waals surface area contributed by atoms with E-state index < -0.39 is 29.6 Å². The molecule has 1 aromatic carbocycles. The average Bonchev–Trinajstić information content (AvgIpc) is 2.77. The number of nitrogens with zero attached hydrogens (tertiary/aromatic N) is 1. The van der Waals surface area contributed by atoms with Gasteiger partial charge in [0.05, 0.1) is 22.6 Å². The van der Waals surface area contributed by atoms with Crippen LogP contribution in [0.3, 0.4) is 0 Å². The summed E-state index contributed by atoms with van der Waals surface area (Å²) in [5.41, 5.74) is -0.150. The van der Waals surface area contributed by atoms with Gasteiger partial charge in [-0.15, -0.1) is 0 Å². The molecular formula is C15H14ClFN2O4. The molecular weight excluding hydrogens is 327 g/mol. The first-order valence-electron chi connectivity index (χ1n) is 7.27. The maximum absolute atomic E-state index is 13.6. The average molecular weight is 341 g/mol. The van der Waals surface area contributed by atoms with E-state index in [0.29, 0.717) is 31.4 Å². The number of hydrogen-bond donors (Lipinski definition) is 2. The van der Waals surface area contributed by atoms with Crippen molar-refractivity contribution in [1.82, 2.24) is 10.2 Å². The summed E-state index contributed by atoms with van der Waals surface area (Å²) in [5, 5.41) is 11.4. The standard InChI is InChI=1S/C15H14ClFN2O4/c16-9-2-1-8(3-10(9)17)11-4-19(13(22)23-11)15-5-14(6-15,7-15)18-12(20)21/h1-3,11,18H,4-7H2,(H,20,21). The van der Waals surface area contributed by atoms with Crippen molar-refractivity contribution < 1.29 is 23.8 Å². The highest BCUT2D eigenvalue weighted by Crippen LogP contribution is 2.64. The summed E-state index contributed by atoms with van der Waals surface area (Å²) < 4.78 is 18.9. The summed E-state index contributed by atoms with van der Waals surface area (Å²) in [6, 6.07) is 4.36. The molecule has 1 atom stereocenters. The predicted molar refractivity (Wildman–Crippen MR) is 77.8 cm³/mol. The van der Waals surface area contributed by atoms with E-state index in [1.807, 2.05) is 0 Å². The number of hydrogen-bond acceptors (Lipinski definition) is 3. The van der Waals surface area contributed by atoms with Crippen LogP contribution in [-0.4, -0.2) is 39.8 Å². The van der Waals surface area contributed by atoms with Crippen molar-refractivity contribution in [3.8, 4) is 0 Å². The van der Waals surface area contributed by atoms with E-state index in [-0.39, 0.29) is 10.6 Å². The second-order valence-corrected chi connectivity index (χ2v) is 7.03. The number of benzene rings is 1. The van der Waals surface area contributed by atoms with Gasteiger partial charge < -0.3 is 15.2 Å². The van der Waals surface area contributed by atoms with Crippen LogP contribution in [0.5, 0.6) is 0 Å². The Hall–Kier alpha value is -2.02. The Kier molecular flexibility index (Phi) is 2.85. The number of ether oxygens (including phenoxy) is 1. The lowest BCUT2D eigenvalue weighted by atomic mass is 9.43. The van der Waals surface area contributed by atoms with E-state index >= 15 is 0 Å². The Bertz CT molecular complexity index is 706. The van der Waals surface area contributed by atoms with Crippen LogP contribution in [0, 0.1) is 5.82 Å². The number of cyclic esters (lactones) is 1. The molecule has 2 amide bonds. The molecule has 6 nitrogen and oxygen atoms in total. The minimum Gasteiger partial charge on any atom is -0.465 e.